The maximum absolute atomic E-state index is 10.4. The monoisotopic (exact) mass is 253 g/mol. The van der Waals surface area contributed by atoms with Crippen LogP contribution in [0, 0.1) is 11.8 Å². The molecule has 0 heterocycles. The lowest BCUT2D eigenvalue weighted by Crippen LogP contribution is -2.19. The lowest BCUT2D eigenvalue weighted by atomic mass is 10.0. The van der Waals surface area contributed by atoms with Gasteiger partial charge in [0.2, 0.25) is 0 Å². The first-order valence-corrected chi connectivity index (χ1v) is 6.57. The molecule has 0 aliphatic rings. The Morgan fingerprint density at radius 2 is 2.00 bits per heavy atom. The minimum Gasteiger partial charge on any atom is -0.507 e. The summed E-state index contributed by atoms with van der Waals surface area (Å²) in [6.07, 6.45) is 0.829. The summed E-state index contributed by atoms with van der Waals surface area (Å²) in [7, 11) is 0. The number of rotatable bonds is 4. The highest BCUT2D eigenvalue weighted by atomic mass is 16.3. The van der Waals surface area contributed by atoms with E-state index in [1.165, 1.54) is 0 Å². The van der Waals surface area contributed by atoms with Gasteiger partial charge in [-0.15, -0.1) is 11.8 Å². The average Bonchev–Trinajstić information content (AvgIpc) is 2.44. The molecule has 2 heteroatoms. The Kier molecular flexibility index (Phi) is 4.43. The first kappa shape index (κ1) is 13.5. The third-order valence-electron chi connectivity index (χ3n) is 3.28. The standard InChI is InChI=1S/C17H19NO/c1-3-4-7-12-18-13(2)15-11-10-14-8-5-6-9-16(14)17(15)19/h5-6,8-11,13,18-19H,7,12H2,1-2H3. The van der Waals surface area contributed by atoms with Gasteiger partial charge in [-0.3, -0.25) is 0 Å². The second-order valence-corrected chi connectivity index (χ2v) is 4.58. The topological polar surface area (TPSA) is 32.3 Å². The predicted octanol–water partition coefficient (Wildman–Crippen LogP) is 3.61. The largest absolute Gasteiger partial charge is 0.507 e. The molecule has 2 nitrogen and oxygen atoms in total. The van der Waals surface area contributed by atoms with Crippen molar-refractivity contribution in [3.8, 4) is 17.6 Å². The van der Waals surface area contributed by atoms with Gasteiger partial charge in [-0.1, -0.05) is 36.4 Å². The molecular formula is C17H19NO. The Balaban J connectivity index is 2.19. The summed E-state index contributed by atoms with van der Waals surface area (Å²) in [5, 5.41) is 15.7. The van der Waals surface area contributed by atoms with Gasteiger partial charge in [0.25, 0.3) is 0 Å². The van der Waals surface area contributed by atoms with E-state index in [0.717, 1.165) is 29.3 Å². The van der Waals surface area contributed by atoms with Crippen LogP contribution in [0.25, 0.3) is 10.8 Å². The summed E-state index contributed by atoms with van der Waals surface area (Å²) in [5.74, 6) is 6.28. The second kappa shape index (κ2) is 6.26. The fraction of sp³-hybridized carbons (Fsp3) is 0.294. The molecule has 2 aromatic carbocycles. The molecule has 2 aromatic rings. The minimum absolute atomic E-state index is 0.114. The van der Waals surface area contributed by atoms with Crippen molar-refractivity contribution in [2.75, 3.05) is 6.54 Å². The maximum Gasteiger partial charge on any atom is 0.128 e. The van der Waals surface area contributed by atoms with Gasteiger partial charge in [0.1, 0.15) is 5.75 Å². The van der Waals surface area contributed by atoms with Gasteiger partial charge >= 0.3 is 0 Å². The number of benzene rings is 2. The molecule has 0 saturated heterocycles. The average molecular weight is 253 g/mol. The van der Waals surface area contributed by atoms with Crippen molar-refractivity contribution >= 4 is 10.8 Å². The molecule has 0 bridgehead atoms. The molecule has 0 aromatic heterocycles. The predicted molar refractivity (Wildman–Crippen MR) is 80.1 cm³/mol. The highest BCUT2D eigenvalue weighted by Gasteiger charge is 2.11. The number of hydrogen-bond donors (Lipinski definition) is 2. The van der Waals surface area contributed by atoms with E-state index >= 15 is 0 Å². The molecular weight excluding hydrogens is 234 g/mol. The van der Waals surface area contributed by atoms with Crippen LogP contribution in [-0.2, 0) is 0 Å². The fourth-order valence-corrected chi connectivity index (χ4v) is 2.21. The summed E-state index contributed by atoms with van der Waals surface area (Å²) in [5.41, 5.74) is 0.933. The number of fused-ring (bicyclic) bond motifs is 1. The van der Waals surface area contributed by atoms with Crippen molar-refractivity contribution in [2.24, 2.45) is 0 Å². The number of phenolic OH excluding ortho intramolecular Hbond substituents is 1. The van der Waals surface area contributed by atoms with Crippen molar-refractivity contribution in [1.29, 1.82) is 0 Å². The summed E-state index contributed by atoms with van der Waals surface area (Å²) in [6, 6.07) is 12.0. The van der Waals surface area contributed by atoms with Crippen LogP contribution in [0.5, 0.6) is 5.75 Å². The Bertz CT molecular complexity index is 622. The maximum atomic E-state index is 10.4. The van der Waals surface area contributed by atoms with E-state index in [4.69, 9.17) is 0 Å². The third-order valence-corrected chi connectivity index (χ3v) is 3.28. The molecule has 0 fully saturated rings. The van der Waals surface area contributed by atoms with E-state index in [-0.39, 0.29) is 6.04 Å². The van der Waals surface area contributed by atoms with Crippen molar-refractivity contribution < 1.29 is 5.11 Å². The lowest BCUT2D eigenvalue weighted by molar-refractivity contribution is 0.460. The smallest absolute Gasteiger partial charge is 0.128 e. The van der Waals surface area contributed by atoms with Gasteiger partial charge in [0.15, 0.2) is 0 Å². The van der Waals surface area contributed by atoms with Crippen molar-refractivity contribution in [3.05, 3.63) is 42.0 Å². The first-order chi connectivity index (χ1) is 9.24. The summed E-state index contributed by atoms with van der Waals surface area (Å²) < 4.78 is 0. The number of phenols is 1. The molecule has 0 aliphatic carbocycles. The van der Waals surface area contributed by atoms with E-state index in [1.807, 2.05) is 37.3 Å². The minimum atomic E-state index is 0.114. The van der Waals surface area contributed by atoms with Crippen LogP contribution in [0.4, 0.5) is 0 Å². The molecule has 19 heavy (non-hydrogen) atoms. The molecule has 0 spiro atoms. The van der Waals surface area contributed by atoms with E-state index in [0.29, 0.717) is 5.75 Å². The molecule has 0 amide bonds. The van der Waals surface area contributed by atoms with E-state index in [1.54, 1.807) is 0 Å². The molecule has 98 valence electrons. The van der Waals surface area contributed by atoms with Gasteiger partial charge in [-0.05, 0) is 19.2 Å². The first-order valence-electron chi connectivity index (χ1n) is 6.57. The Morgan fingerprint density at radius 3 is 2.79 bits per heavy atom. The summed E-state index contributed by atoms with van der Waals surface area (Å²) >= 11 is 0. The van der Waals surface area contributed by atoms with Crippen LogP contribution in [0.3, 0.4) is 0 Å². The zero-order chi connectivity index (χ0) is 13.7. The highest BCUT2D eigenvalue weighted by Crippen LogP contribution is 2.32. The van der Waals surface area contributed by atoms with Gasteiger partial charge in [0.05, 0.1) is 0 Å². The van der Waals surface area contributed by atoms with Gasteiger partial charge in [-0.2, -0.15) is 0 Å². The van der Waals surface area contributed by atoms with Crippen LogP contribution >= 0.6 is 0 Å². The van der Waals surface area contributed by atoms with Crippen LogP contribution < -0.4 is 5.32 Å². The van der Waals surface area contributed by atoms with E-state index in [2.05, 4.69) is 30.1 Å². The molecule has 0 saturated carbocycles. The zero-order valence-corrected chi connectivity index (χ0v) is 11.4. The normalized spacial score (nSPS) is 11.9. The summed E-state index contributed by atoms with van der Waals surface area (Å²) in [4.78, 5) is 0. The van der Waals surface area contributed by atoms with Crippen LogP contribution in [-0.4, -0.2) is 11.7 Å². The van der Waals surface area contributed by atoms with E-state index in [9.17, 15) is 5.11 Å². The summed E-state index contributed by atoms with van der Waals surface area (Å²) in [6.45, 7) is 4.73. The Hall–Kier alpha value is -1.98. The van der Waals surface area contributed by atoms with Crippen molar-refractivity contribution in [3.63, 3.8) is 0 Å². The van der Waals surface area contributed by atoms with Crippen LogP contribution in [0.2, 0.25) is 0 Å². The Labute approximate surface area is 114 Å². The molecule has 0 aliphatic heterocycles. The molecule has 2 N–H and O–H groups in total. The number of nitrogens with one attached hydrogen (secondary N) is 1. The fourth-order valence-electron chi connectivity index (χ4n) is 2.21. The number of aromatic hydroxyl groups is 1. The SMILES string of the molecule is CC#CCCNC(C)c1ccc2ccccc2c1O. The zero-order valence-electron chi connectivity index (χ0n) is 11.4. The third kappa shape index (κ3) is 3.07. The highest BCUT2D eigenvalue weighted by molar-refractivity contribution is 5.89. The molecule has 2 rings (SSSR count). The van der Waals surface area contributed by atoms with Gasteiger partial charge < -0.3 is 10.4 Å². The quantitative estimate of drug-likeness (QED) is 0.644. The van der Waals surface area contributed by atoms with E-state index < -0.39 is 0 Å². The van der Waals surface area contributed by atoms with Gasteiger partial charge in [0, 0.05) is 30.0 Å². The van der Waals surface area contributed by atoms with Gasteiger partial charge in [-0.25, -0.2) is 0 Å². The number of hydrogen-bond acceptors (Lipinski definition) is 2. The second-order valence-electron chi connectivity index (χ2n) is 4.58. The van der Waals surface area contributed by atoms with Crippen molar-refractivity contribution in [2.45, 2.75) is 26.3 Å². The van der Waals surface area contributed by atoms with Crippen molar-refractivity contribution in [1.82, 2.24) is 5.32 Å². The molecule has 1 unspecified atom stereocenters. The van der Waals surface area contributed by atoms with Crippen LogP contribution in [0.1, 0.15) is 31.9 Å². The molecule has 0 radical (unpaired) electrons. The molecule has 1 atom stereocenters. The lowest BCUT2D eigenvalue weighted by Gasteiger charge is -2.16. The van der Waals surface area contributed by atoms with Crippen LogP contribution in [0.15, 0.2) is 36.4 Å². The Morgan fingerprint density at radius 1 is 1.21 bits per heavy atom.